The molecule has 2 amide bonds. The van der Waals surface area contributed by atoms with Crippen LogP contribution in [-0.4, -0.2) is 51.5 Å². The zero-order valence-electron chi connectivity index (χ0n) is 17.7. The first kappa shape index (κ1) is 22.9. The second-order valence-corrected chi connectivity index (χ2v) is 9.08. The summed E-state index contributed by atoms with van der Waals surface area (Å²) in [5, 5.41) is 2.90. The van der Waals surface area contributed by atoms with Gasteiger partial charge in [-0.1, -0.05) is 24.3 Å². The smallest absolute Gasteiger partial charge is 0.322 e. The quantitative estimate of drug-likeness (QED) is 0.589. The van der Waals surface area contributed by atoms with Gasteiger partial charge in [0.15, 0.2) is 0 Å². The van der Waals surface area contributed by atoms with Crippen molar-refractivity contribution in [2.75, 3.05) is 31.3 Å². The Hall–Kier alpha value is -2.78. The van der Waals surface area contributed by atoms with Crippen molar-refractivity contribution < 1.29 is 26.9 Å². The summed E-state index contributed by atoms with van der Waals surface area (Å²) in [7, 11) is -2.08. The van der Waals surface area contributed by atoms with Crippen LogP contribution in [0.3, 0.4) is 0 Å². The second-order valence-electron chi connectivity index (χ2n) is 7.22. The Balaban J connectivity index is 1.78. The first-order chi connectivity index (χ1) is 14.9. The Morgan fingerprint density at radius 2 is 2.03 bits per heavy atom. The maximum Gasteiger partial charge on any atom is 0.322 e. The first-order valence-corrected chi connectivity index (χ1v) is 11.8. The van der Waals surface area contributed by atoms with Crippen molar-refractivity contribution in [1.82, 2.24) is 4.90 Å². The summed E-state index contributed by atoms with van der Waals surface area (Å²) in [5.41, 5.74) is 1.32. The van der Waals surface area contributed by atoms with E-state index in [4.69, 9.17) is 13.7 Å². The molecule has 1 saturated heterocycles. The number of nitrogens with zero attached hydrogens (tertiary/aromatic N) is 1. The van der Waals surface area contributed by atoms with Gasteiger partial charge in [0.25, 0.3) is 0 Å². The number of carbonyl (C=O) groups is 1. The molecule has 2 aromatic rings. The van der Waals surface area contributed by atoms with E-state index in [0.29, 0.717) is 24.6 Å². The van der Waals surface area contributed by atoms with E-state index in [0.717, 1.165) is 18.4 Å². The van der Waals surface area contributed by atoms with Gasteiger partial charge >= 0.3 is 16.1 Å². The molecule has 0 bridgehead atoms. The van der Waals surface area contributed by atoms with Gasteiger partial charge in [-0.05, 0) is 49.6 Å². The molecule has 0 saturated carbocycles. The molecule has 3 rings (SSSR count). The molecule has 0 unspecified atom stereocenters. The van der Waals surface area contributed by atoms with Crippen LogP contribution < -0.4 is 14.2 Å². The van der Waals surface area contributed by atoms with Crippen LogP contribution in [0, 0.1) is 0 Å². The van der Waals surface area contributed by atoms with Gasteiger partial charge in [-0.3, -0.25) is 0 Å². The highest BCUT2D eigenvalue weighted by Gasteiger charge is 2.24. The maximum absolute atomic E-state index is 13.1. The highest BCUT2D eigenvalue weighted by molar-refractivity contribution is 7.87. The number of ether oxygens (including phenoxy) is 2. The number of nitrogens with one attached hydrogen (secondary N) is 1. The number of para-hydroxylation sites is 2. The third kappa shape index (κ3) is 6.60. The largest absolute Gasteiger partial charge is 0.495 e. The van der Waals surface area contributed by atoms with E-state index in [2.05, 4.69) is 5.32 Å². The van der Waals surface area contributed by atoms with Gasteiger partial charge in [-0.15, -0.1) is 0 Å². The molecule has 2 aromatic carbocycles. The molecule has 168 valence electrons. The molecule has 0 radical (unpaired) electrons. The molecular formula is C22H28N2O6S. The van der Waals surface area contributed by atoms with Gasteiger partial charge in [-0.25, -0.2) is 4.79 Å². The minimum Gasteiger partial charge on any atom is -0.495 e. The number of amides is 2. The number of carbonyl (C=O) groups excluding carboxylic acids is 1. The minimum absolute atomic E-state index is 0.0386. The van der Waals surface area contributed by atoms with Gasteiger partial charge < -0.3 is 23.9 Å². The fourth-order valence-electron chi connectivity index (χ4n) is 3.32. The third-order valence-corrected chi connectivity index (χ3v) is 6.09. The predicted molar refractivity (Wildman–Crippen MR) is 118 cm³/mol. The van der Waals surface area contributed by atoms with Crippen molar-refractivity contribution in [3.8, 4) is 11.5 Å². The zero-order chi connectivity index (χ0) is 22.3. The lowest BCUT2D eigenvalue weighted by molar-refractivity contribution is 0.0819. The summed E-state index contributed by atoms with van der Waals surface area (Å²) in [6.45, 7) is 2.89. The molecule has 1 fully saturated rings. The van der Waals surface area contributed by atoms with Gasteiger partial charge in [0.1, 0.15) is 11.5 Å². The van der Waals surface area contributed by atoms with Gasteiger partial charge in [0.05, 0.1) is 24.7 Å². The van der Waals surface area contributed by atoms with Gasteiger partial charge in [-0.2, -0.15) is 8.42 Å². The summed E-state index contributed by atoms with van der Waals surface area (Å²) in [5.74, 6) is 0.665. The lowest BCUT2D eigenvalue weighted by Crippen LogP contribution is -2.39. The highest BCUT2D eigenvalue weighted by Crippen LogP contribution is 2.25. The maximum atomic E-state index is 13.1. The molecule has 0 aromatic heterocycles. The van der Waals surface area contributed by atoms with Crippen molar-refractivity contribution in [3.63, 3.8) is 0 Å². The standard InChI is InChI=1S/C22H28N2O6S/c1-3-31(26,27)30-18-9-6-8-17(14-18)15-24(16-19-10-7-13-29-19)22(25)23-20-11-4-5-12-21(20)28-2/h4-6,8-9,11-12,14,19H,3,7,10,13,15-16H2,1-2H3,(H,23,25)/t19-/m1/s1. The van der Waals surface area contributed by atoms with Crippen LogP contribution in [0.25, 0.3) is 0 Å². The molecule has 0 aliphatic carbocycles. The number of methoxy groups -OCH3 is 1. The monoisotopic (exact) mass is 448 g/mol. The number of urea groups is 1. The van der Waals surface area contributed by atoms with E-state index in [9.17, 15) is 13.2 Å². The number of rotatable bonds is 9. The lowest BCUT2D eigenvalue weighted by atomic mass is 10.2. The lowest BCUT2D eigenvalue weighted by Gasteiger charge is -2.26. The Labute approximate surface area is 183 Å². The minimum atomic E-state index is -3.63. The topological polar surface area (TPSA) is 94.2 Å². The Morgan fingerprint density at radius 3 is 2.74 bits per heavy atom. The number of hydrogen-bond acceptors (Lipinski definition) is 6. The Morgan fingerprint density at radius 1 is 1.23 bits per heavy atom. The Bertz CT molecular complexity index is 989. The fourth-order valence-corrected chi connectivity index (χ4v) is 3.83. The van der Waals surface area contributed by atoms with Gasteiger partial charge in [0, 0.05) is 19.7 Å². The average molecular weight is 449 g/mol. The van der Waals surface area contributed by atoms with Crippen LogP contribution in [0.5, 0.6) is 11.5 Å². The molecule has 1 aliphatic heterocycles. The van der Waals surface area contributed by atoms with E-state index < -0.39 is 10.1 Å². The fraction of sp³-hybridized carbons (Fsp3) is 0.409. The van der Waals surface area contributed by atoms with Crippen molar-refractivity contribution in [2.24, 2.45) is 0 Å². The average Bonchev–Trinajstić information content (AvgIpc) is 3.27. The van der Waals surface area contributed by atoms with Crippen LogP contribution >= 0.6 is 0 Å². The van der Waals surface area contributed by atoms with Crippen LogP contribution in [0.15, 0.2) is 48.5 Å². The van der Waals surface area contributed by atoms with E-state index in [1.54, 1.807) is 42.3 Å². The van der Waals surface area contributed by atoms with Crippen molar-refractivity contribution in [3.05, 3.63) is 54.1 Å². The number of hydrogen-bond donors (Lipinski definition) is 1. The second kappa shape index (κ2) is 10.5. The van der Waals surface area contributed by atoms with Crippen LogP contribution in [0.4, 0.5) is 10.5 Å². The Kier molecular flexibility index (Phi) is 7.75. The molecular weight excluding hydrogens is 420 g/mol. The van der Waals surface area contributed by atoms with Gasteiger partial charge in [0.2, 0.25) is 0 Å². The summed E-state index contributed by atoms with van der Waals surface area (Å²) in [6, 6.07) is 13.6. The van der Waals surface area contributed by atoms with E-state index in [-0.39, 0.29) is 30.2 Å². The van der Waals surface area contributed by atoms with Crippen LogP contribution in [0.1, 0.15) is 25.3 Å². The van der Waals surface area contributed by atoms with Crippen LogP contribution in [-0.2, 0) is 21.4 Å². The first-order valence-electron chi connectivity index (χ1n) is 10.2. The predicted octanol–water partition coefficient (Wildman–Crippen LogP) is 3.64. The highest BCUT2D eigenvalue weighted by atomic mass is 32.2. The molecule has 8 nitrogen and oxygen atoms in total. The molecule has 1 aliphatic rings. The number of anilines is 1. The van der Waals surface area contributed by atoms with E-state index in [1.807, 2.05) is 18.2 Å². The van der Waals surface area contributed by atoms with Crippen LogP contribution in [0.2, 0.25) is 0 Å². The number of benzene rings is 2. The molecule has 9 heteroatoms. The summed E-state index contributed by atoms with van der Waals surface area (Å²) in [6.07, 6.45) is 1.81. The van der Waals surface area contributed by atoms with Crippen molar-refractivity contribution in [2.45, 2.75) is 32.4 Å². The molecule has 1 N–H and O–H groups in total. The third-order valence-electron chi connectivity index (χ3n) is 4.93. The zero-order valence-corrected chi connectivity index (χ0v) is 18.6. The molecule has 0 spiro atoms. The summed E-state index contributed by atoms with van der Waals surface area (Å²) < 4.78 is 39.7. The molecule has 1 atom stereocenters. The van der Waals surface area contributed by atoms with E-state index >= 15 is 0 Å². The summed E-state index contributed by atoms with van der Waals surface area (Å²) >= 11 is 0. The van der Waals surface area contributed by atoms with Crippen molar-refractivity contribution in [1.29, 1.82) is 0 Å². The SMILES string of the molecule is CCS(=O)(=O)Oc1cccc(CN(C[C@H]2CCCO2)C(=O)Nc2ccccc2OC)c1. The normalized spacial score (nSPS) is 16.0. The summed E-state index contributed by atoms with van der Waals surface area (Å²) in [4.78, 5) is 14.8. The van der Waals surface area contributed by atoms with E-state index in [1.165, 1.54) is 6.92 Å². The molecule has 31 heavy (non-hydrogen) atoms. The molecule has 1 heterocycles. The van der Waals surface area contributed by atoms with Crippen molar-refractivity contribution >= 4 is 21.8 Å².